The lowest BCUT2D eigenvalue weighted by atomic mass is 10.2. The Morgan fingerprint density at radius 3 is 2.85 bits per heavy atom. The van der Waals surface area contributed by atoms with Crippen molar-refractivity contribution in [1.29, 1.82) is 0 Å². The minimum Gasteiger partial charge on any atom is -0.332 e. The Balaban J connectivity index is 1.58. The molecule has 0 aliphatic carbocycles. The van der Waals surface area contributed by atoms with Crippen LogP contribution in [0.5, 0.6) is 0 Å². The van der Waals surface area contributed by atoms with E-state index in [0.717, 1.165) is 16.3 Å². The van der Waals surface area contributed by atoms with Crippen LogP contribution in [-0.4, -0.2) is 42.4 Å². The molecule has 1 unspecified atom stereocenters. The second kappa shape index (κ2) is 7.24. The number of hydrogen-bond donors (Lipinski definition) is 0. The highest BCUT2D eigenvalue weighted by atomic mass is 32.1. The van der Waals surface area contributed by atoms with Crippen LogP contribution in [0.15, 0.2) is 54.6 Å². The summed E-state index contributed by atoms with van der Waals surface area (Å²) in [6, 6.07) is 7.47. The van der Waals surface area contributed by atoms with Crippen LogP contribution in [0.25, 0.3) is 11.2 Å². The molecule has 0 bridgehead atoms. The number of pyridine rings is 2. The number of amides is 1. The van der Waals surface area contributed by atoms with E-state index in [1.54, 1.807) is 42.9 Å². The van der Waals surface area contributed by atoms with Crippen LogP contribution in [0.1, 0.15) is 34.0 Å². The molecular weight excluding hydrogens is 360 g/mol. The summed E-state index contributed by atoms with van der Waals surface area (Å²) in [6.45, 7) is 2.54. The zero-order valence-corrected chi connectivity index (χ0v) is 15.8. The van der Waals surface area contributed by atoms with E-state index in [2.05, 4.69) is 19.9 Å². The van der Waals surface area contributed by atoms with Crippen LogP contribution in [0.2, 0.25) is 0 Å². The van der Waals surface area contributed by atoms with E-state index in [-0.39, 0.29) is 11.9 Å². The third-order valence-electron chi connectivity index (χ3n) is 4.47. The van der Waals surface area contributed by atoms with Crippen molar-refractivity contribution in [2.75, 3.05) is 7.05 Å². The third-order valence-corrected chi connectivity index (χ3v) is 5.42. The van der Waals surface area contributed by atoms with Gasteiger partial charge in [0.25, 0.3) is 5.91 Å². The molecule has 0 saturated heterocycles. The summed E-state index contributed by atoms with van der Waals surface area (Å²) in [7, 11) is 1.78. The summed E-state index contributed by atoms with van der Waals surface area (Å²) in [5.74, 6) is -0.105. The summed E-state index contributed by atoms with van der Waals surface area (Å²) in [6.07, 6.45) is 6.84. The Kier molecular flexibility index (Phi) is 4.64. The van der Waals surface area contributed by atoms with Gasteiger partial charge in [0, 0.05) is 31.0 Å². The monoisotopic (exact) mass is 378 g/mol. The minimum absolute atomic E-state index is 0.102. The molecule has 1 amide bonds. The van der Waals surface area contributed by atoms with Gasteiger partial charge in [-0.25, -0.2) is 15.0 Å². The summed E-state index contributed by atoms with van der Waals surface area (Å²) in [5.41, 5.74) is 2.85. The summed E-state index contributed by atoms with van der Waals surface area (Å²) in [4.78, 5) is 32.0. The number of hydrogen-bond acceptors (Lipinski definition) is 6. The number of aromatic nitrogens is 5. The summed E-state index contributed by atoms with van der Waals surface area (Å²) in [5, 5.41) is 2.81. The molecule has 7 nitrogen and oxygen atoms in total. The van der Waals surface area contributed by atoms with Crippen LogP contribution in [0.4, 0.5) is 0 Å². The molecule has 0 aromatic carbocycles. The highest BCUT2D eigenvalue weighted by Gasteiger charge is 2.21. The minimum atomic E-state index is -0.105. The first kappa shape index (κ1) is 17.3. The van der Waals surface area contributed by atoms with Crippen molar-refractivity contribution >= 4 is 28.4 Å². The molecule has 4 rings (SSSR count). The number of thiazole rings is 1. The molecule has 0 aliphatic heterocycles. The molecule has 136 valence electrons. The molecule has 1 atom stereocenters. The van der Waals surface area contributed by atoms with Crippen LogP contribution >= 0.6 is 11.3 Å². The molecule has 27 heavy (non-hydrogen) atoms. The van der Waals surface area contributed by atoms with Gasteiger partial charge < -0.3 is 9.47 Å². The topological polar surface area (TPSA) is 76.8 Å². The molecule has 0 fully saturated rings. The van der Waals surface area contributed by atoms with Gasteiger partial charge >= 0.3 is 0 Å². The first-order valence-electron chi connectivity index (χ1n) is 8.51. The van der Waals surface area contributed by atoms with Crippen LogP contribution < -0.4 is 0 Å². The Hall–Kier alpha value is -3.13. The van der Waals surface area contributed by atoms with Crippen molar-refractivity contribution in [3.8, 4) is 0 Å². The molecule has 4 heterocycles. The highest BCUT2D eigenvalue weighted by Crippen LogP contribution is 2.23. The molecule has 0 radical (unpaired) electrons. The van der Waals surface area contributed by atoms with Crippen molar-refractivity contribution in [3.05, 3.63) is 70.8 Å². The fourth-order valence-corrected chi connectivity index (χ4v) is 3.57. The summed E-state index contributed by atoms with van der Waals surface area (Å²) < 4.78 is 1.92. The predicted octanol–water partition coefficient (Wildman–Crippen LogP) is 3.16. The normalized spacial score (nSPS) is 12.2. The van der Waals surface area contributed by atoms with Crippen LogP contribution in [-0.2, 0) is 6.54 Å². The number of rotatable bonds is 5. The Labute approximate surface area is 160 Å². The molecule has 8 heteroatoms. The number of carbonyl (C=O) groups is 1. The van der Waals surface area contributed by atoms with Crippen LogP contribution in [0, 0.1) is 0 Å². The molecule has 0 N–H and O–H groups in total. The molecule has 0 spiro atoms. The van der Waals surface area contributed by atoms with E-state index in [4.69, 9.17) is 0 Å². The first-order valence-corrected chi connectivity index (χ1v) is 9.39. The number of nitrogens with zero attached hydrogens (tertiary/aromatic N) is 6. The van der Waals surface area contributed by atoms with Crippen molar-refractivity contribution in [3.63, 3.8) is 0 Å². The van der Waals surface area contributed by atoms with Gasteiger partial charge in [0.15, 0.2) is 5.65 Å². The quantitative estimate of drug-likeness (QED) is 0.533. The van der Waals surface area contributed by atoms with Crippen molar-refractivity contribution < 1.29 is 4.79 Å². The van der Waals surface area contributed by atoms with E-state index in [0.29, 0.717) is 17.6 Å². The Morgan fingerprint density at radius 2 is 2.11 bits per heavy atom. The average Bonchev–Trinajstić information content (AvgIpc) is 3.37. The molecule has 0 aliphatic rings. The van der Waals surface area contributed by atoms with Gasteiger partial charge in [-0.1, -0.05) is 6.07 Å². The fraction of sp³-hybridized carbons (Fsp3) is 0.211. The van der Waals surface area contributed by atoms with Gasteiger partial charge in [0.2, 0.25) is 0 Å². The van der Waals surface area contributed by atoms with E-state index in [1.807, 2.05) is 35.1 Å². The van der Waals surface area contributed by atoms with Gasteiger partial charge in [-0.3, -0.25) is 9.78 Å². The lowest BCUT2D eigenvalue weighted by Gasteiger charge is -2.23. The van der Waals surface area contributed by atoms with E-state index < -0.39 is 0 Å². The Morgan fingerprint density at radius 1 is 1.22 bits per heavy atom. The second-order valence-electron chi connectivity index (χ2n) is 6.22. The SMILES string of the molecule is CC(c1nccs1)N(C)C(=O)c1cnc2c(c1)ncn2Cc1ccccn1. The summed E-state index contributed by atoms with van der Waals surface area (Å²) >= 11 is 1.54. The van der Waals surface area contributed by atoms with Gasteiger partial charge in [-0.05, 0) is 25.1 Å². The van der Waals surface area contributed by atoms with Crippen molar-refractivity contribution in [1.82, 2.24) is 29.4 Å². The molecule has 0 saturated carbocycles. The maximum atomic E-state index is 12.8. The fourth-order valence-electron chi connectivity index (χ4n) is 2.83. The zero-order chi connectivity index (χ0) is 18.8. The smallest absolute Gasteiger partial charge is 0.255 e. The standard InChI is InChI=1S/C19H18N6OS/c1-13(18-21-7-8-27-18)24(2)19(26)14-9-16-17(22-10-14)25(12-23-16)11-15-5-3-4-6-20-15/h3-10,12-13H,11H2,1-2H3. The lowest BCUT2D eigenvalue weighted by Crippen LogP contribution is -2.29. The van der Waals surface area contributed by atoms with Gasteiger partial charge in [0.05, 0.1) is 30.2 Å². The average molecular weight is 378 g/mol. The third kappa shape index (κ3) is 3.43. The molecule has 4 aromatic heterocycles. The largest absolute Gasteiger partial charge is 0.332 e. The number of carbonyl (C=O) groups excluding carboxylic acids is 1. The highest BCUT2D eigenvalue weighted by molar-refractivity contribution is 7.09. The maximum Gasteiger partial charge on any atom is 0.255 e. The van der Waals surface area contributed by atoms with Gasteiger partial charge in [0.1, 0.15) is 10.5 Å². The van der Waals surface area contributed by atoms with E-state index in [9.17, 15) is 4.79 Å². The number of fused-ring (bicyclic) bond motifs is 1. The van der Waals surface area contributed by atoms with Crippen molar-refractivity contribution in [2.45, 2.75) is 19.5 Å². The van der Waals surface area contributed by atoms with E-state index >= 15 is 0 Å². The lowest BCUT2D eigenvalue weighted by molar-refractivity contribution is 0.0742. The van der Waals surface area contributed by atoms with Crippen molar-refractivity contribution in [2.24, 2.45) is 0 Å². The zero-order valence-electron chi connectivity index (χ0n) is 15.0. The second-order valence-corrected chi connectivity index (χ2v) is 7.15. The number of imidazole rings is 1. The van der Waals surface area contributed by atoms with Crippen LogP contribution in [0.3, 0.4) is 0 Å². The van der Waals surface area contributed by atoms with Gasteiger partial charge in [-0.15, -0.1) is 11.3 Å². The van der Waals surface area contributed by atoms with E-state index in [1.165, 1.54) is 11.3 Å². The predicted molar refractivity (Wildman–Crippen MR) is 103 cm³/mol. The molecule has 4 aromatic rings. The first-order chi connectivity index (χ1) is 13.1. The Bertz CT molecular complexity index is 1060. The van der Waals surface area contributed by atoms with Gasteiger partial charge in [-0.2, -0.15) is 0 Å². The maximum absolute atomic E-state index is 12.8. The molecular formula is C19H18N6OS.